The van der Waals surface area contributed by atoms with Crippen molar-refractivity contribution >= 4 is 0 Å². The lowest BCUT2D eigenvalue weighted by Gasteiger charge is -2.38. The minimum atomic E-state index is 0.325. The van der Waals surface area contributed by atoms with Gasteiger partial charge < -0.3 is 19.6 Å². The average molecular weight is 425 g/mol. The van der Waals surface area contributed by atoms with Gasteiger partial charge in [0, 0.05) is 18.6 Å². The summed E-state index contributed by atoms with van der Waals surface area (Å²) in [6, 6.07) is 11.5. The van der Waals surface area contributed by atoms with E-state index in [0.29, 0.717) is 18.9 Å². The molecule has 0 bridgehead atoms. The van der Waals surface area contributed by atoms with Crippen molar-refractivity contribution in [2.24, 2.45) is 17.6 Å². The van der Waals surface area contributed by atoms with Gasteiger partial charge in [-0.25, -0.2) is 0 Å². The number of ether oxygens (including phenoxy) is 2. The first-order chi connectivity index (χ1) is 15.2. The van der Waals surface area contributed by atoms with Gasteiger partial charge >= 0.3 is 0 Å². The molecule has 5 nitrogen and oxygen atoms in total. The zero-order valence-electron chi connectivity index (χ0n) is 18.5. The van der Waals surface area contributed by atoms with Crippen LogP contribution in [0.4, 0.5) is 0 Å². The molecule has 0 saturated heterocycles. The van der Waals surface area contributed by atoms with Crippen molar-refractivity contribution in [3.63, 3.8) is 0 Å². The van der Waals surface area contributed by atoms with E-state index in [1.165, 1.54) is 63.4 Å². The van der Waals surface area contributed by atoms with Gasteiger partial charge in [-0.2, -0.15) is 0 Å². The van der Waals surface area contributed by atoms with E-state index in [1.807, 2.05) is 12.1 Å². The summed E-state index contributed by atoms with van der Waals surface area (Å²) in [5, 5.41) is 0. The Hall–Kier alpha value is -1.98. The van der Waals surface area contributed by atoms with E-state index in [1.54, 1.807) is 6.26 Å². The molecule has 2 N–H and O–H groups in total. The molecule has 5 heteroatoms. The number of fused-ring (bicyclic) bond motifs is 1. The fourth-order valence-electron chi connectivity index (χ4n) is 5.83. The monoisotopic (exact) mass is 424 g/mol. The molecule has 1 aliphatic heterocycles. The quantitative estimate of drug-likeness (QED) is 0.638. The first-order valence-corrected chi connectivity index (χ1v) is 12.1. The van der Waals surface area contributed by atoms with Crippen molar-refractivity contribution in [3.05, 3.63) is 47.9 Å². The Morgan fingerprint density at radius 2 is 1.58 bits per heavy atom. The van der Waals surface area contributed by atoms with Crippen molar-refractivity contribution in [1.82, 2.24) is 4.90 Å². The van der Waals surface area contributed by atoms with Gasteiger partial charge in [0.1, 0.15) is 5.76 Å². The van der Waals surface area contributed by atoms with Crippen LogP contribution < -0.4 is 15.2 Å². The maximum absolute atomic E-state index is 6.10. The lowest BCUT2D eigenvalue weighted by molar-refractivity contribution is 0.104. The Kier molecular flexibility index (Phi) is 6.51. The van der Waals surface area contributed by atoms with Gasteiger partial charge in [0.25, 0.3) is 0 Å². The topological polar surface area (TPSA) is 60.9 Å². The van der Waals surface area contributed by atoms with Gasteiger partial charge in [-0.15, -0.1) is 0 Å². The zero-order valence-corrected chi connectivity index (χ0v) is 18.5. The molecule has 0 spiro atoms. The molecule has 2 fully saturated rings. The molecule has 2 aromatic rings. The highest BCUT2D eigenvalue weighted by Crippen LogP contribution is 2.38. The summed E-state index contributed by atoms with van der Waals surface area (Å²) in [4.78, 5) is 2.60. The summed E-state index contributed by atoms with van der Waals surface area (Å²) < 4.78 is 16.8. The van der Waals surface area contributed by atoms with E-state index < -0.39 is 0 Å². The maximum atomic E-state index is 6.10. The van der Waals surface area contributed by atoms with E-state index >= 15 is 0 Å². The largest absolute Gasteiger partial charge is 0.468 e. The summed E-state index contributed by atoms with van der Waals surface area (Å²) >= 11 is 0. The standard InChI is InChI=1S/C26H36N2O3/c27-22-8-3-19(4-9-22)14-20-5-10-23(11-6-20)28(17-24-2-1-13-29-24)16-21-7-12-25-26(15-21)31-18-30-25/h1-2,7,12-13,15,19-20,22-23H,3-6,8-11,14,16-18,27H2. The van der Waals surface area contributed by atoms with Crippen molar-refractivity contribution in [2.45, 2.75) is 83.0 Å². The van der Waals surface area contributed by atoms with E-state index in [0.717, 1.165) is 42.2 Å². The Morgan fingerprint density at radius 3 is 2.32 bits per heavy atom. The van der Waals surface area contributed by atoms with E-state index in [-0.39, 0.29) is 0 Å². The third kappa shape index (κ3) is 5.27. The number of hydrogen-bond acceptors (Lipinski definition) is 5. The number of benzene rings is 1. The minimum Gasteiger partial charge on any atom is -0.468 e. The fraction of sp³-hybridized carbons (Fsp3) is 0.615. The number of furan rings is 1. The molecular formula is C26H36N2O3. The Labute approximate surface area is 185 Å². The second-order valence-corrected chi connectivity index (χ2v) is 9.86. The molecular weight excluding hydrogens is 388 g/mol. The summed E-state index contributed by atoms with van der Waals surface area (Å²) in [7, 11) is 0. The van der Waals surface area contributed by atoms with E-state index in [4.69, 9.17) is 19.6 Å². The highest BCUT2D eigenvalue weighted by atomic mass is 16.7. The minimum absolute atomic E-state index is 0.325. The molecule has 5 rings (SSSR count). The first kappa shape index (κ1) is 20.9. The van der Waals surface area contributed by atoms with Crippen LogP contribution >= 0.6 is 0 Å². The average Bonchev–Trinajstić information content (AvgIpc) is 3.47. The molecule has 1 aromatic carbocycles. The van der Waals surface area contributed by atoms with Crippen LogP contribution in [-0.2, 0) is 13.1 Å². The van der Waals surface area contributed by atoms with E-state index in [9.17, 15) is 0 Å². The van der Waals surface area contributed by atoms with Gasteiger partial charge in [-0.3, -0.25) is 4.90 Å². The van der Waals surface area contributed by atoms with Gasteiger partial charge in [0.15, 0.2) is 11.5 Å². The van der Waals surface area contributed by atoms with Crippen molar-refractivity contribution in [2.75, 3.05) is 6.79 Å². The molecule has 0 amide bonds. The maximum Gasteiger partial charge on any atom is 0.231 e. The van der Waals surface area contributed by atoms with E-state index in [2.05, 4.69) is 23.1 Å². The first-order valence-electron chi connectivity index (χ1n) is 12.1. The predicted molar refractivity (Wildman–Crippen MR) is 121 cm³/mol. The zero-order chi connectivity index (χ0) is 21.0. The van der Waals surface area contributed by atoms with Gasteiger partial charge in [0.05, 0.1) is 12.8 Å². The second kappa shape index (κ2) is 9.66. The van der Waals surface area contributed by atoms with Crippen LogP contribution in [0.3, 0.4) is 0 Å². The van der Waals surface area contributed by atoms with Crippen LogP contribution in [0.15, 0.2) is 41.0 Å². The summed E-state index contributed by atoms with van der Waals surface area (Å²) in [5.41, 5.74) is 7.38. The molecule has 0 atom stereocenters. The van der Waals surface area contributed by atoms with Crippen LogP contribution in [0.25, 0.3) is 0 Å². The Morgan fingerprint density at radius 1 is 0.839 bits per heavy atom. The predicted octanol–water partition coefficient (Wildman–Crippen LogP) is 5.48. The Bertz CT molecular complexity index is 821. The SMILES string of the molecule is NC1CCC(CC2CCC(N(Cc3ccc4c(c3)OCO4)Cc3ccco3)CC2)CC1. The van der Waals surface area contributed by atoms with Crippen molar-refractivity contribution in [1.29, 1.82) is 0 Å². The van der Waals surface area contributed by atoms with Crippen molar-refractivity contribution in [3.8, 4) is 11.5 Å². The van der Waals surface area contributed by atoms with Crippen LogP contribution in [0.2, 0.25) is 0 Å². The number of nitrogens with two attached hydrogens (primary N) is 1. The lowest BCUT2D eigenvalue weighted by atomic mass is 9.75. The normalized spacial score (nSPS) is 28.2. The van der Waals surface area contributed by atoms with Crippen LogP contribution in [-0.4, -0.2) is 23.8 Å². The van der Waals surface area contributed by atoms with Gasteiger partial charge in [0.2, 0.25) is 6.79 Å². The molecule has 168 valence electrons. The fourth-order valence-corrected chi connectivity index (χ4v) is 5.83. The van der Waals surface area contributed by atoms with Crippen molar-refractivity contribution < 1.29 is 13.9 Å². The second-order valence-electron chi connectivity index (χ2n) is 9.86. The van der Waals surface area contributed by atoms with Crippen LogP contribution in [0.5, 0.6) is 11.5 Å². The number of rotatable bonds is 7. The molecule has 2 aliphatic carbocycles. The number of hydrogen-bond donors (Lipinski definition) is 1. The number of nitrogens with zero attached hydrogens (tertiary/aromatic N) is 1. The summed E-state index contributed by atoms with van der Waals surface area (Å²) in [6.45, 7) is 2.09. The molecule has 0 unspecified atom stereocenters. The third-order valence-corrected chi connectivity index (χ3v) is 7.65. The van der Waals surface area contributed by atoms with Gasteiger partial charge in [-0.1, -0.05) is 6.07 Å². The highest BCUT2D eigenvalue weighted by Gasteiger charge is 2.29. The molecule has 0 radical (unpaired) electrons. The lowest BCUT2D eigenvalue weighted by Crippen LogP contribution is -2.37. The van der Waals surface area contributed by atoms with Crippen LogP contribution in [0, 0.1) is 11.8 Å². The highest BCUT2D eigenvalue weighted by molar-refractivity contribution is 5.44. The molecule has 3 aliphatic rings. The molecule has 31 heavy (non-hydrogen) atoms. The summed E-state index contributed by atoms with van der Waals surface area (Å²) in [5.74, 6) is 4.57. The van der Waals surface area contributed by atoms with Gasteiger partial charge in [-0.05, 0) is 99.5 Å². The smallest absolute Gasteiger partial charge is 0.231 e. The summed E-state index contributed by atoms with van der Waals surface area (Å²) in [6.07, 6.45) is 13.6. The molecule has 1 aromatic heterocycles. The van der Waals surface area contributed by atoms with Crippen LogP contribution in [0.1, 0.15) is 69.1 Å². The Balaban J connectivity index is 1.20. The molecule has 2 saturated carbocycles. The molecule has 2 heterocycles. The third-order valence-electron chi connectivity index (χ3n) is 7.65.